The van der Waals surface area contributed by atoms with Crippen molar-refractivity contribution in [3.63, 3.8) is 0 Å². The van der Waals surface area contributed by atoms with Crippen LogP contribution in [-0.4, -0.2) is 32.6 Å². The molecule has 4 rings (SSSR count). The van der Waals surface area contributed by atoms with Crippen molar-refractivity contribution in [3.05, 3.63) is 71.6 Å². The van der Waals surface area contributed by atoms with Gasteiger partial charge >= 0.3 is 6.18 Å². The van der Waals surface area contributed by atoms with Crippen LogP contribution in [0.2, 0.25) is 5.02 Å². The van der Waals surface area contributed by atoms with E-state index in [0.29, 0.717) is 35.6 Å². The highest BCUT2D eigenvalue weighted by Gasteiger charge is 2.30. The molecule has 200 valence electrons. The predicted octanol–water partition coefficient (Wildman–Crippen LogP) is 5.28. The van der Waals surface area contributed by atoms with Gasteiger partial charge in [0, 0.05) is 31.4 Å². The van der Waals surface area contributed by atoms with Gasteiger partial charge in [-0.25, -0.2) is 9.97 Å². The number of hydrogen-bond donors (Lipinski definition) is 2. The van der Waals surface area contributed by atoms with Crippen molar-refractivity contribution in [2.24, 2.45) is 0 Å². The Labute approximate surface area is 221 Å². The second-order valence-electron chi connectivity index (χ2n) is 9.15. The summed E-state index contributed by atoms with van der Waals surface area (Å²) in [4.78, 5) is 20.6. The minimum absolute atomic E-state index is 0.00340. The summed E-state index contributed by atoms with van der Waals surface area (Å²) in [5.74, 6) is 0.348. The number of ether oxygens (including phenoxy) is 1. The molecule has 0 fully saturated rings. The van der Waals surface area contributed by atoms with Crippen LogP contribution in [0.3, 0.4) is 0 Å². The lowest BCUT2D eigenvalue weighted by Crippen LogP contribution is -2.42. The van der Waals surface area contributed by atoms with Crippen LogP contribution in [0.15, 0.2) is 61.1 Å². The summed E-state index contributed by atoms with van der Waals surface area (Å²) in [7, 11) is 0. The lowest BCUT2D eigenvalue weighted by molar-refractivity contribution is -0.464. The molecule has 2 N–H and O–H groups in total. The SMILES string of the molecule is CC(C)([O-])CC(=O)NCCn1ccc2ncnc(Nc3ccc(Oc4cccc(C(F)(F)F)c4)c(Cl)c3)c21. The zero-order valence-corrected chi connectivity index (χ0v) is 21.2. The standard InChI is InChI=1S/C26H24ClF3N5O3/c1-25(2,37)14-22(36)31-9-11-35-10-8-20-23(35)24(33-15-32-20)34-17-6-7-21(19(27)13-17)38-18-5-3-4-16(12-18)26(28,29)30/h3-8,10,12-13,15H,9,11,14H2,1-2H3,(H,31,36)(H,32,33,34)/q-1. The minimum Gasteiger partial charge on any atom is -0.849 e. The molecular weight excluding hydrogens is 523 g/mol. The maximum atomic E-state index is 13.0. The van der Waals surface area contributed by atoms with Crippen molar-refractivity contribution in [3.8, 4) is 11.5 Å². The molecule has 38 heavy (non-hydrogen) atoms. The number of aromatic nitrogens is 3. The van der Waals surface area contributed by atoms with Crippen LogP contribution >= 0.6 is 11.6 Å². The summed E-state index contributed by atoms with van der Waals surface area (Å²) in [6.45, 7) is 3.64. The molecule has 0 aliphatic rings. The van der Waals surface area contributed by atoms with Gasteiger partial charge in [0.15, 0.2) is 5.82 Å². The van der Waals surface area contributed by atoms with E-state index in [1.54, 1.807) is 12.1 Å². The van der Waals surface area contributed by atoms with Crippen LogP contribution in [0.25, 0.3) is 11.0 Å². The van der Waals surface area contributed by atoms with E-state index < -0.39 is 17.3 Å². The van der Waals surface area contributed by atoms with Crippen LogP contribution in [0.1, 0.15) is 25.8 Å². The molecule has 0 aliphatic heterocycles. The van der Waals surface area contributed by atoms with Gasteiger partial charge in [0.25, 0.3) is 0 Å². The molecule has 2 aromatic carbocycles. The molecule has 12 heteroatoms. The molecule has 4 aromatic rings. The summed E-state index contributed by atoms with van der Waals surface area (Å²) in [5.41, 5.74) is -0.250. The number of halogens is 4. The number of hydrogen-bond acceptors (Lipinski definition) is 6. The molecule has 0 spiro atoms. The van der Waals surface area contributed by atoms with E-state index in [9.17, 15) is 23.1 Å². The molecule has 0 radical (unpaired) electrons. The Balaban J connectivity index is 1.48. The molecule has 0 saturated carbocycles. The molecule has 8 nitrogen and oxygen atoms in total. The van der Waals surface area contributed by atoms with Gasteiger partial charge in [0.1, 0.15) is 23.3 Å². The molecule has 0 bridgehead atoms. The van der Waals surface area contributed by atoms with E-state index in [-0.39, 0.29) is 28.8 Å². The lowest BCUT2D eigenvalue weighted by Gasteiger charge is -2.30. The van der Waals surface area contributed by atoms with Crippen molar-refractivity contribution >= 4 is 40.0 Å². The smallest absolute Gasteiger partial charge is 0.416 e. The number of anilines is 2. The van der Waals surface area contributed by atoms with E-state index in [0.717, 1.165) is 12.1 Å². The van der Waals surface area contributed by atoms with Crippen molar-refractivity contribution in [2.45, 2.75) is 38.6 Å². The van der Waals surface area contributed by atoms with E-state index in [2.05, 4.69) is 20.6 Å². The van der Waals surface area contributed by atoms with Gasteiger partial charge in [-0.05, 0) is 42.5 Å². The zero-order valence-electron chi connectivity index (χ0n) is 20.5. The third-order valence-corrected chi connectivity index (χ3v) is 5.69. The Hall–Kier alpha value is -3.83. The normalized spacial score (nSPS) is 12.0. The Kier molecular flexibility index (Phi) is 7.79. The summed E-state index contributed by atoms with van der Waals surface area (Å²) >= 11 is 6.36. The topological polar surface area (TPSA) is 104 Å². The fraction of sp³-hybridized carbons (Fsp3) is 0.269. The number of fused-ring (bicyclic) bond motifs is 1. The highest BCUT2D eigenvalue weighted by Crippen LogP contribution is 2.36. The van der Waals surface area contributed by atoms with Crippen LogP contribution in [0.5, 0.6) is 11.5 Å². The van der Waals surface area contributed by atoms with E-state index >= 15 is 0 Å². The van der Waals surface area contributed by atoms with E-state index in [1.165, 1.54) is 38.4 Å². The number of amides is 1. The van der Waals surface area contributed by atoms with Crippen LogP contribution in [0, 0.1) is 0 Å². The second-order valence-corrected chi connectivity index (χ2v) is 9.56. The minimum atomic E-state index is -4.49. The summed E-state index contributed by atoms with van der Waals surface area (Å²) in [6.07, 6.45) is -1.40. The number of nitrogens with one attached hydrogen (secondary N) is 2. The first kappa shape index (κ1) is 27.2. The molecule has 0 saturated heterocycles. The molecule has 2 heterocycles. The van der Waals surface area contributed by atoms with Gasteiger partial charge in [-0.1, -0.05) is 31.5 Å². The number of nitrogens with zero attached hydrogens (tertiary/aromatic N) is 3. The first-order valence-electron chi connectivity index (χ1n) is 11.6. The second kappa shape index (κ2) is 10.9. The summed E-state index contributed by atoms with van der Waals surface area (Å²) < 4.78 is 46.4. The highest BCUT2D eigenvalue weighted by molar-refractivity contribution is 6.32. The van der Waals surface area contributed by atoms with Crippen molar-refractivity contribution in [2.75, 3.05) is 11.9 Å². The van der Waals surface area contributed by atoms with E-state index in [4.69, 9.17) is 16.3 Å². The Morgan fingerprint density at radius 1 is 1.13 bits per heavy atom. The van der Waals surface area contributed by atoms with E-state index in [1.807, 2.05) is 16.8 Å². The van der Waals surface area contributed by atoms with Gasteiger partial charge in [-0.2, -0.15) is 13.2 Å². The number of carbonyl (C=O) groups excluding carboxylic acids is 1. The number of rotatable bonds is 9. The lowest BCUT2D eigenvalue weighted by atomic mass is 10.1. The van der Waals surface area contributed by atoms with Gasteiger partial charge in [-0.15, -0.1) is 5.60 Å². The highest BCUT2D eigenvalue weighted by atomic mass is 35.5. The van der Waals surface area contributed by atoms with Gasteiger partial charge < -0.3 is 25.0 Å². The third-order valence-electron chi connectivity index (χ3n) is 5.40. The average molecular weight is 547 g/mol. The zero-order chi connectivity index (χ0) is 27.5. The van der Waals surface area contributed by atoms with Gasteiger partial charge in [0.05, 0.1) is 16.1 Å². The summed E-state index contributed by atoms with van der Waals surface area (Å²) in [5, 5.41) is 17.8. The first-order valence-corrected chi connectivity index (χ1v) is 12.0. The molecule has 0 unspecified atom stereocenters. The van der Waals surface area contributed by atoms with Crippen molar-refractivity contribution < 1.29 is 27.8 Å². The fourth-order valence-electron chi connectivity index (χ4n) is 3.74. The molecule has 1 amide bonds. The molecule has 2 aromatic heterocycles. The van der Waals surface area contributed by atoms with Crippen molar-refractivity contribution in [1.82, 2.24) is 19.9 Å². The van der Waals surface area contributed by atoms with Crippen LogP contribution in [0.4, 0.5) is 24.7 Å². The Morgan fingerprint density at radius 2 is 1.92 bits per heavy atom. The Morgan fingerprint density at radius 3 is 2.63 bits per heavy atom. The first-order chi connectivity index (χ1) is 17.9. The number of benzene rings is 2. The molecular formula is C26H24ClF3N5O3-. The van der Waals surface area contributed by atoms with Crippen molar-refractivity contribution in [1.29, 1.82) is 0 Å². The molecule has 0 atom stereocenters. The third kappa shape index (κ3) is 6.93. The maximum Gasteiger partial charge on any atom is 0.416 e. The predicted molar refractivity (Wildman–Crippen MR) is 135 cm³/mol. The Bertz CT molecular complexity index is 1450. The van der Waals surface area contributed by atoms with Crippen LogP contribution < -0.4 is 20.5 Å². The largest absolute Gasteiger partial charge is 0.849 e. The number of carbonyl (C=O) groups is 1. The average Bonchev–Trinajstić information content (AvgIpc) is 3.23. The quantitative estimate of drug-likeness (QED) is 0.296. The summed E-state index contributed by atoms with van der Waals surface area (Å²) in [6, 6.07) is 11.1. The van der Waals surface area contributed by atoms with Gasteiger partial charge in [0.2, 0.25) is 5.91 Å². The molecule has 0 aliphatic carbocycles. The monoisotopic (exact) mass is 546 g/mol. The number of alkyl halides is 3. The fourth-order valence-corrected chi connectivity index (χ4v) is 3.96. The van der Waals surface area contributed by atoms with Crippen LogP contribution in [-0.2, 0) is 17.5 Å². The van der Waals surface area contributed by atoms with Gasteiger partial charge in [-0.3, -0.25) is 4.79 Å². The maximum absolute atomic E-state index is 13.0.